The van der Waals surface area contributed by atoms with Crippen LogP contribution < -0.4 is 19.6 Å². The average Bonchev–Trinajstić information content (AvgIpc) is 0.861. The summed E-state index contributed by atoms with van der Waals surface area (Å²) in [7, 11) is 0. The zero-order valence-electron chi connectivity index (χ0n) is 75.6. The number of anilines is 12. The number of benzene rings is 26. The zero-order chi connectivity index (χ0) is 91.7. The van der Waals surface area contributed by atoms with Gasteiger partial charge in [0.2, 0.25) is 0 Å². The molecule has 652 valence electrons. The Morgan fingerprint density at radius 2 is 0.336 bits per heavy atom. The second-order valence-electron chi connectivity index (χ2n) is 36.7. The van der Waals surface area contributed by atoms with Crippen LogP contribution in [0.3, 0.4) is 0 Å². The van der Waals surface area contributed by atoms with Crippen LogP contribution in [0.5, 0.6) is 0 Å². The highest BCUT2D eigenvalue weighted by Crippen LogP contribution is 2.54. The monoisotopic (exact) mass is 1780 g/mol. The number of nitrogens with zero attached hydrogens (tertiary/aromatic N) is 4. The third-order valence-electron chi connectivity index (χ3n) is 29.1. The molecule has 0 unspecified atom stereocenters. The van der Waals surface area contributed by atoms with Crippen molar-refractivity contribution in [3.63, 3.8) is 0 Å². The van der Waals surface area contributed by atoms with E-state index in [9.17, 15) is 0 Å². The number of hydrogen-bond acceptors (Lipinski definition) is 8. The van der Waals surface area contributed by atoms with Gasteiger partial charge in [0.1, 0.15) is 22.3 Å². The molecule has 0 atom stereocenters. The lowest BCUT2D eigenvalue weighted by Crippen LogP contribution is -2.11. The van der Waals surface area contributed by atoms with E-state index in [4.69, 9.17) is 17.7 Å². The van der Waals surface area contributed by atoms with Gasteiger partial charge in [-0.3, -0.25) is 0 Å². The summed E-state index contributed by atoms with van der Waals surface area (Å²) in [6, 6.07) is 175. The summed E-state index contributed by atoms with van der Waals surface area (Å²) in [4.78, 5) is 9.49. The Morgan fingerprint density at radius 3 is 0.714 bits per heavy atom. The average molecular weight is 1790 g/mol. The van der Waals surface area contributed by atoms with Crippen LogP contribution in [0, 0.1) is 0 Å². The first-order valence-corrected chi connectivity index (χ1v) is 47.8. The molecule has 0 saturated carbocycles. The standard InChI is InChI=1S/2C66H40N2O2/c1-3-19-46-41(15-1)17-11-27-58(46)67(60-29-13-25-55-51-22-7-9-31-62(51)69-65(55)60)44-34-37-48-43(39-44)33-36-54-50-38-35-45(40-57(50)49-21-5-6-24-53(49)64(48)54)68(59-28-12-18-42-16-2-4-20-47(42)59)61-30-14-26-56-52-23-8-10-32-63(52)70-66(56)61;1-3-15-43-37-46(30-27-41(43)13-1)67(60-23-11-21-57-53-18-7-9-25-62(53)69-65(57)60)48-32-35-50-45(39-48)29-34-56-52-36-33-49(40-59(52)51-17-5-6-20-55(51)64(50)56)68(47-31-28-42-14-2-4-16-44(42)38-47)61-24-12-22-58-54-19-8-10-26-63(54)70-66(58)61/h2*1-40H. The fourth-order valence-electron chi connectivity index (χ4n) is 22.8. The maximum Gasteiger partial charge on any atom is 0.159 e. The van der Waals surface area contributed by atoms with Crippen molar-refractivity contribution in [3.8, 4) is 0 Å². The fraction of sp³-hybridized carbons (Fsp3) is 0. The Labute approximate surface area is 802 Å². The molecule has 140 heavy (non-hydrogen) atoms. The lowest BCUT2D eigenvalue weighted by molar-refractivity contribution is 0.668. The summed E-state index contributed by atoms with van der Waals surface area (Å²) in [5, 5.41) is 37.6. The molecule has 0 aliphatic heterocycles. The van der Waals surface area contributed by atoms with Crippen molar-refractivity contribution in [2.24, 2.45) is 0 Å². The summed E-state index contributed by atoms with van der Waals surface area (Å²) < 4.78 is 26.9. The highest BCUT2D eigenvalue weighted by molar-refractivity contribution is 6.34. The minimum absolute atomic E-state index is 0.860. The summed E-state index contributed by atoms with van der Waals surface area (Å²) in [5.74, 6) is 0. The molecule has 0 aliphatic rings. The van der Waals surface area contributed by atoms with Crippen LogP contribution in [0.4, 0.5) is 68.2 Å². The minimum atomic E-state index is 0.860. The van der Waals surface area contributed by atoms with Crippen molar-refractivity contribution >= 4 is 285 Å². The zero-order valence-corrected chi connectivity index (χ0v) is 75.6. The molecule has 0 radical (unpaired) electrons. The molecule has 0 N–H and O–H groups in total. The van der Waals surface area contributed by atoms with Gasteiger partial charge in [-0.2, -0.15) is 0 Å². The normalized spacial score (nSPS) is 12.0. The van der Waals surface area contributed by atoms with Crippen LogP contribution in [0.2, 0.25) is 0 Å². The van der Waals surface area contributed by atoms with E-state index in [1.54, 1.807) is 0 Å². The Kier molecular flexibility index (Phi) is 17.7. The SMILES string of the molecule is c1ccc2c(N(c3ccc4c(ccc5c6ccc(N(c7cccc8ccccc78)c7cccc8c7oc7ccccc78)cc6c6ccccc6c45)c3)c3cccc4c3oc3ccccc34)cccc2c1.c1ccc2cc(N(c3ccc4c(ccc5c6ccc(N(c7ccc8ccccc8c7)c7cccc8c7oc7ccccc78)cc6c6ccccc6c45)c3)c3cccc4c3oc3ccccc34)ccc2c1. The molecule has 0 amide bonds. The first-order valence-electron chi connectivity index (χ1n) is 47.8. The van der Waals surface area contributed by atoms with Crippen molar-refractivity contribution in [3.05, 3.63) is 485 Å². The molecule has 0 aliphatic carbocycles. The summed E-state index contributed by atoms with van der Waals surface area (Å²) in [6.45, 7) is 0. The van der Waals surface area contributed by atoms with Crippen LogP contribution in [-0.2, 0) is 0 Å². The van der Waals surface area contributed by atoms with Crippen LogP contribution in [0.1, 0.15) is 0 Å². The molecule has 0 spiro atoms. The van der Waals surface area contributed by atoms with E-state index < -0.39 is 0 Å². The Morgan fingerprint density at radius 1 is 0.114 bits per heavy atom. The van der Waals surface area contributed by atoms with Crippen LogP contribution in [0.25, 0.3) is 217 Å². The molecular weight excluding hydrogens is 1710 g/mol. The Balaban J connectivity index is 0.000000134. The summed E-state index contributed by atoms with van der Waals surface area (Å²) in [5.41, 5.74) is 19.4. The second-order valence-corrected chi connectivity index (χ2v) is 36.7. The van der Waals surface area contributed by atoms with Crippen LogP contribution in [0.15, 0.2) is 503 Å². The number of furan rings is 4. The third-order valence-corrected chi connectivity index (χ3v) is 29.1. The lowest BCUT2D eigenvalue weighted by atomic mass is 9.90. The van der Waals surface area contributed by atoms with Crippen molar-refractivity contribution in [2.45, 2.75) is 0 Å². The molecule has 30 rings (SSSR count). The largest absolute Gasteiger partial charge is 0.454 e. The lowest BCUT2D eigenvalue weighted by Gasteiger charge is -2.28. The molecule has 26 aromatic carbocycles. The maximum absolute atomic E-state index is 6.75. The molecular formula is C132H80N4O4. The number of hydrogen-bond donors (Lipinski definition) is 0. The first-order chi connectivity index (χ1) is 69.4. The predicted octanol–water partition coefficient (Wildman–Crippen LogP) is 38.7. The van der Waals surface area contributed by atoms with Gasteiger partial charge in [0.25, 0.3) is 0 Å². The molecule has 8 heteroatoms. The maximum atomic E-state index is 6.75. The van der Waals surface area contributed by atoms with Gasteiger partial charge in [-0.15, -0.1) is 0 Å². The molecule has 30 aromatic rings. The van der Waals surface area contributed by atoms with E-state index in [-0.39, 0.29) is 0 Å². The molecule has 0 fully saturated rings. The van der Waals surface area contributed by atoms with Gasteiger partial charge in [0.15, 0.2) is 22.3 Å². The molecule has 0 saturated heterocycles. The fourth-order valence-corrected chi connectivity index (χ4v) is 22.8. The third kappa shape index (κ3) is 12.4. The highest BCUT2D eigenvalue weighted by Gasteiger charge is 2.29. The van der Waals surface area contributed by atoms with Crippen molar-refractivity contribution < 1.29 is 17.7 Å². The van der Waals surface area contributed by atoms with Gasteiger partial charge >= 0.3 is 0 Å². The molecule has 4 heterocycles. The summed E-state index contributed by atoms with van der Waals surface area (Å²) in [6.07, 6.45) is 0. The van der Waals surface area contributed by atoms with E-state index in [0.717, 1.165) is 167 Å². The van der Waals surface area contributed by atoms with Gasteiger partial charge < -0.3 is 37.3 Å². The number of para-hydroxylation sites is 8. The predicted molar refractivity (Wildman–Crippen MR) is 591 cm³/mol. The van der Waals surface area contributed by atoms with E-state index in [2.05, 4.69) is 481 Å². The van der Waals surface area contributed by atoms with E-state index in [1.807, 2.05) is 24.3 Å². The van der Waals surface area contributed by atoms with Gasteiger partial charge in [-0.25, -0.2) is 0 Å². The van der Waals surface area contributed by atoms with Crippen molar-refractivity contribution in [1.29, 1.82) is 0 Å². The second kappa shape index (κ2) is 31.4. The number of fused-ring (bicyclic) bond motifs is 32. The highest BCUT2D eigenvalue weighted by atomic mass is 16.3. The van der Waals surface area contributed by atoms with E-state index >= 15 is 0 Å². The van der Waals surface area contributed by atoms with E-state index in [0.29, 0.717) is 0 Å². The topological polar surface area (TPSA) is 65.5 Å². The van der Waals surface area contributed by atoms with Gasteiger partial charge in [-0.05, 0) is 252 Å². The van der Waals surface area contributed by atoms with Gasteiger partial charge in [-0.1, -0.05) is 352 Å². The summed E-state index contributed by atoms with van der Waals surface area (Å²) >= 11 is 0. The molecule has 4 aromatic heterocycles. The Bertz CT molecular complexity index is 10400. The minimum Gasteiger partial charge on any atom is -0.454 e. The van der Waals surface area contributed by atoms with Crippen molar-refractivity contribution in [1.82, 2.24) is 0 Å². The Hall–Kier alpha value is -18.8. The van der Waals surface area contributed by atoms with Crippen LogP contribution >= 0.6 is 0 Å². The van der Waals surface area contributed by atoms with Crippen LogP contribution in [-0.4, -0.2) is 0 Å². The smallest absolute Gasteiger partial charge is 0.159 e. The first kappa shape index (κ1) is 78.7. The van der Waals surface area contributed by atoms with E-state index in [1.165, 1.54) is 118 Å². The van der Waals surface area contributed by atoms with Crippen molar-refractivity contribution in [2.75, 3.05) is 19.6 Å². The molecule has 8 nitrogen and oxygen atoms in total. The van der Waals surface area contributed by atoms with Gasteiger partial charge in [0, 0.05) is 88.0 Å². The quantitative estimate of drug-likeness (QED) is 0.112. The number of rotatable bonds is 12. The molecule has 0 bridgehead atoms. The van der Waals surface area contributed by atoms with Gasteiger partial charge in [0.05, 0.1) is 34.1 Å².